The molecule has 4 bridgehead atoms. The first-order valence-corrected chi connectivity index (χ1v) is 16.3. The molecule has 6 unspecified atom stereocenters. The Morgan fingerprint density at radius 3 is 1.89 bits per heavy atom. The van der Waals surface area contributed by atoms with Gasteiger partial charge in [-0.2, -0.15) is 8.42 Å². The second kappa shape index (κ2) is 15.9. The number of carbonyl (C=O) groups is 4. The molecule has 4 heterocycles. The van der Waals surface area contributed by atoms with Crippen LogP contribution in [-0.2, 0) is 42.8 Å². The van der Waals surface area contributed by atoms with E-state index in [4.69, 9.17) is 24.5 Å². The molecule has 16 heteroatoms. The number of hydrogen-bond donors (Lipinski definition) is 0. The van der Waals surface area contributed by atoms with Crippen molar-refractivity contribution in [3.8, 4) is 0 Å². The normalized spacial score (nSPS) is 27.1. The molecule has 4 aliphatic rings. The smallest absolute Gasteiger partial charge is 0.411 e. The summed E-state index contributed by atoms with van der Waals surface area (Å²) < 4.78 is 53.9. The summed E-state index contributed by atoms with van der Waals surface area (Å²) in [6.07, 6.45) is 5.07. The summed E-state index contributed by atoms with van der Waals surface area (Å²) in [4.78, 5) is 52.0. The van der Waals surface area contributed by atoms with Crippen molar-refractivity contribution in [2.75, 3.05) is 20.5 Å². The van der Waals surface area contributed by atoms with Gasteiger partial charge in [0.15, 0.2) is 0 Å². The van der Waals surface area contributed by atoms with E-state index in [1.54, 1.807) is 30.6 Å². The van der Waals surface area contributed by atoms with Gasteiger partial charge in [-0.1, -0.05) is 6.08 Å². The monoisotopic (exact) mass is 881 g/mol. The van der Waals surface area contributed by atoms with Crippen LogP contribution < -0.4 is 0 Å². The van der Waals surface area contributed by atoms with Crippen LogP contribution in [0.5, 0.6) is 0 Å². The molecule has 4 rings (SSSR count). The van der Waals surface area contributed by atoms with Gasteiger partial charge in [0.2, 0.25) is 0 Å². The molecule has 0 N–H and O–H groups in total. The van der Waals surface area contributed by atoms with E-state index >= 15 is 0 Å². The molecule has 0 aromatic rings. The quantitative estimate of drug-likeness (QED) is 0.177. The number of amides is 2. The van der Waals surface area contributed by atoms with Crippen LogP contribution in [0.4, 0.5) is 9.59 Å². The number of esters is 2. The third-order valence-electron chi connectivity index (χ3n) is 7.74. The van der Waals surface area contributed by atoms with Crippen molar-refractivity contribution < 1.29 is 81.8 Å². The number of piperidine rings is 1. The van der Waals surface area contributed by atoms with Gasteiger partial charge in [0.1, 0.15) is 17.1 Å². The summed E-state index contributed by atoms with van der Waals surface area (Å²) in [5.41, 5.74) is -0.595. The molecule has 3 fully saturated rings. The van der Waals surface area contributed by atoms with Crippen molar-refractivity contribution in [2.24, 2.45) is 5.92 Å². The Hall–Kier alpha value is -1.75. The summed E-state index contributed by atoms with van der Waals surface area (Å²) in [6.45, 7) is 10.8. The van der Waals surface area contributed by atoms with Gasteiger partial charge in [-0.25, -0.2) is 14.4 Å². The molecular formula is C29H47BN2O11SU. The third-order valence-corrected chi connectivity index (χ3v) is 8.34. The molecule has 0 saturated carbocycles. The first-order chi connectivity index (χ1) is 20.8. The molecule has 252 valence electrons. The van der Waals surface area contributed by atoms with E-state index in [0.717, 1.165) is 19.1 Å². The Morgan fingerprint density at radius 2 is 1.40 bits per heavy atom. The Morgan fingerprint density at radius 1 is 0.867 bits per heavy atom. The Kier molecular flexibility index (Phi) is 13.9. The fraction of sp³-hybridized carbons (Fsp3) is 0.793. The number of methoxy groups -OCH3 is 2. The van der Waals surface area contributed by atoms with Crippen LogP contribution in [0, 0.1) is 37.0 Å². The SMILES string of the molecule is COC(=O)C1=CCC2CCC1N2C(=O)OC(C)(C)C.COC(=O)C1C(OS(C)(=O)=O)CC2CCC1N2C(=O)OC(C)(C)C.[2H][B].[U]. The summed E-state index contributed by atoms with van der Waals surface area (Å²) in [5.74, 6) is -1.78. The minimum atomic E-state index is -3.73. The predicted octanol–water partition coefficient (Wildman–Crippen LogP) is 2.90. The van der Waals surface area contributed by atoms with Gasteiger partial charge in [-0.05, 0) is 81.4 Å². The van der Waals surface area contributed by atoms with Crippen molar-refractivity contribution in [1.29, 1.82) is 1.34 Å². The summed E-state index contributed by atoms with van der Waals surface area (Å²) >= 11 is 0. The van der Waals surface area contributed by atoms with Gasteiger partial charge < -0.3 is 23.8 Å². The first-order valence-electron chi connectivity index (χ1n) is 15.1. The molecule has 2 radical (unpaired) electrons. The van der Waals surface area contributed by atoms with Gasteiger partial charge >= 0.3 is 24.1 Å². The molecular weight excluding hydrogens is 833 g/mol. The zero-order chi connectivity index (χ0) is 34.5. The second-order valence-corrected chi connectivity index (χ2v) is 14.9. The van der Waals surface area contributed by atoms with E-state index < -0.39 is 51.4 Å². The average molecular weight is 882 g/mol. The van der Waals surface area contributed by atoms with Crippen LogP contribution in [0.1, 0.15) is 80.1 Å². The van der Waals surface area contributed by atoms with Crippen molar-refractivity contribution >= 4 is 42.6 Å². The van der Waals surface area contributed by atoms with Crippen molar-refractivity contribution in [1.82, 2.24) is 9.80 Å². The maximum absolute atomic E-state index is 12.5. The number of fused-ring (bicyclic) bond motifs is 4. The Balaban J connectivity index is 0.000000437. The summed E-state index contributed by atoms with van der Waals surface area (Å²) in [6, 6.07) is -0.746. The molecule has 2 amide bonds. The molecule has 3 saturated heterocycles. The van der Waals surface area contributed by atoms with Crippen LogP contribution in [0.15, 0.2) is 11.6 Å². The van der Waals surface area contributed by atoms with Crippen LogP contribution in [0.2, 0.25) is 0 Å². The van der Waals surface area contributed by atoms with Gasteiger partial charge in [0.25, 0.3) is 10.1 Å². The van der Waals surface area contributed by atoms with E-state index in [0.29, 0.717) is 24.8 Å². The van der Waals surface area contributed by atoms with Crippen LogP contribution in [-0.4, -0.2) is 114 Å². The van der Waals surface area contributed by atoms with E-state index in [9.17, 15) is 27.6 Å². The number of carbonyl (C=O) groups excluding carboxylic acids is 4. The number of ether oxygens (including phenoxy) is 4. The summed E-state index contributed by atoms with van der Waals surface area (Å²) in [5, 5.41) is 0. The molecule has 0 aliphatic carbocycles. The van der Waals surface area contributed by atoms with Crippen molar-refractivity contribution in [3.63, 3.8) is 0 Å². The van der Waals surface area contributed by atoms with Crippen LogP contribution in [0.3, 0.4) is 0 Å². The third kappa shape index (κ3) is 10.6. The predicted molar refractivity (Wildman–Crippen MR) is 161 cm³/mol. The van der Waals surface area contributed by atoms with E-state index in [2.05, 4.69) is 8.38 Å². The van der Waals surface area contributed by atoms with Crippen molar-refractivity contribution in [2.45, 2.75) is 122 Å². The molecule has 0 aromatic carbocycles. The number of hydrogen-bond acceptors (Lipinski definition) is 11. The fourth-order valence-corrected chi connectivity index (χ4v) is 6.92. The number of nitrogens with zero attached hydrogens (tertiary/aromatic N) is 2. The molecule has 13 nitrogen and oxygen atoms in total. The van der Waals surface area contributed by atoms with E-state index in [1.807, 2.05) is 26.8 Å². The molecule has 6 atom stereocenters. The topological polar surface area (TPSA) is 155 Å². The van der Waals surface area contributed by atoms with Gasteiger partial charge in [-0.15, -0.1) is 0 Å². The second-order valence-electron chi connectivity index (χ2n) is 13.3. The Labute approximate surface area is 293 Å². The molecule has 0 spiro atoms. The molecule has 4 aliphatic heterocycles. The Bertz CT molecular complexity index is 1240. The summed E-state index contributed by atoms with van der Waals surface area (Å²) in [7, 11) is 2.62. The van der Waals surface area contributed by atoms with E-state index in [1.165, 1.54) is 14.2 Å². The average Bonchev–Trinajstić information content (AvgIpc) is 3.40. The van der Waals surface area contributed by atoms with Crippen molar-refractivity contribution in [3.05, 3.63) is 11.6 Å². The van der Waals surface area contributed by atoms with Gasteiger partial charge in [0, 0.05) is 51.6 Å². The minimum Gasteiger partial charge on any atom is -0.469 e. The van der Waals surface area contributed by atoms with Gasteiger partial charge in [0.05, 0.1) is 44.2 Å². The van der Waals surface area contributed by atoms with Gasteiger partial charge in [-0.3, -0.25) is 13.9 Å². The standard InChI is InChI=1S/C15H25NO7S.C14H21NO4.BH.U/c1-15(2,3)22-14(18)16-9-6-7-10(16)12(13(17)21-4)11(8-9)23-24(5,19)20;1-14(2,3)19-13(17)15-9-5-7-10(12(16)18-4)11(15)8-6-9;;/h9-12H,6-8H2,1-5H3;7,9,11H,5-6,8H2,1-4H3;1H;/i;;1D;. The van der Waals surface area contributed by atoms with E-state index in [-0.39, 0.29) is 67.7 Å². The fourth-order valence-electron chi connectivity index (χ4n) is 6.27. The number of rotatable bonds is 4. The molecule has 0 aromatic heterocycles. The molecule has 45 heavy (non-hydrogen) atoms. The first kappa shape index (κ1) is 39.4. The zero-order valence-corrected chi connectivity index (χ0v) is 32.6. The maximum atomic E-state index is 12.5. The maximum Gasteiger partial charge on any atom is 0.411 e. The largest absolute Gasteiger partial charge is 0.469 e. The zero-order valence-electron chi connectivity index (χ0n) is 28.7. The minimum absolute atomic E-state index is 0. The van der Waals surface area contributed by atoms with Crippen LogP contribution >= 0.6 is 0 Å². The van der Waals surface area contributed by atoms with Crippen LogP contribution in [0.25, 0.3) is 0 Å².